The number of benzene rings is 2. The van der Waals surface area contributed by atoms with Gasteiger partial charge in [-0.15, -0.1) is 0 Å². The van der Waals surface area contributed by atoms with Crippen LogP contribution in [0.1, 0.15) is 55.9 Å². The number of rotatable bonds is 6. The van der Waals surface area contributed by atoms with Gasteiger partial charge in [0.25, 0.3) is 0 Å². The Morgan fingerprint density at radius 3 is 1.96 bits per heavy atom. The van der Waals surface area contributed by atoms with Crippen LogP contribution in [0.2, 0.25) is 0 Å². The van der Waals surface area contributed by atoms with Crippen LogP contribution in [0.25, 0.3) is 11.1 Å². The number of piperidine rings is 1. The number of carbonyl (C=O) groups excluding carboxylic acids is 2. The Morgan fingerprint density at radius 2 is 1.44 bits per heavy atom. The maximum Gasteiger partial charge on any atom is 0.416 e. The van der Waals surface area contributed by atoms with E-state index in [4.69, 9.17) is 0 Å². The van der Waals surface area contributed by atoms with Crippen molar-refractivity contribution in [3.8, 4) is 11.1 Å². The zero-order chi connectivity index (χ0) is 33.5. The van der Waals surface area contributed by atoms with E-state index >= 15 is 0 Å². The first-order chi connectivity index (χ1) is 20.8. The lowest BCUT2D eigenvalue weighted by molar-refractivity contribution is -0.143. The summed E-state index contributed by atoms with van der Waals surface area (Å²) in [5, 5.41) is 2.90. The highest BCUT2D eigenvalue weighted by atomic mass is 19.4. The molecule has 2 aromatic carbocycles. The Labute approximate surface area is 256 Å². The van der Waals surface area contributed by atoms with E-state index in [1.54, 1.807) is 13.0 Å². The topological polar surface area (TPSA) is 65.5 Å². The van der Waals surface area contributed by atoms with Crippen molar-refractivity contribution in [3.63, 3.8) is 0 Å². The second-order valence-electron chi connectivity index (χ2n) is 11.8. The van der Waals surface area contributed by atoms with E-state index in [0.29, 0.717) is 60.6 Å². The molecule has 0 aliphatic carbocycles. The summed E-state index contributed by atoms with van der Waals surface area (Å²) in [7, 11) is 1.36. The molecule has 2 amide bonds. The number of pyridine rings is 1. The molecule has 1 saturated heterocycles. The minimum atomic E-state index is -5.08. The minimum Gasteiger partial charge on any atom is -0.356 e. The van der Waals surface area contributed by atoms with Gasteiger partial charge in [0.15, 0.2) is 0 Å². The first kappa shape index (κ1) is 33.7. The highest BCUT2D eigenvalue weighted by Crippen LogP contribution is 2.41. The van der Waals surface area contributed by atoms with Gasteiger partial charge in [-0.2, -0.15) is 26.3 Å². The van der Waals surface area contributed by atoms with E-state index in [0.717, 1.165) is 4.90 Å². The molecule has 0 atom stereocenters. The molecule has 0 spiro atoms. The van der Waals surface area contributed by atoms with Gasteiger partial charge >= 0.3 is 12.4 Å². The first-order valence-electron chi connectivity index (χ1n) is 14.2. The number of aromatic nitrogens is 1. The predicted molar refractivity (Wildman–Crippen MR) is 156 cm³/mol. The Balaban J connectivity index is 1.76. The van der Waals surface area contributed by atoms with Gasteiger partial charge in [0.05, 0.1) is 28.4 Å². The number of hydrogen-bond acceptors (Lipinski definition) is 4. The summed E-state index contributed by atoms with van der Waals surface area (Å²) in [5.41, 5.74) is -3.57. The third-order valence-electron chi connectivity index (χ3n) is 8.08. The molecular formula is C32H33F7N4O2. The molecule has 1 N–H and O–H groups in total. The highest BCUT2D eigenvalue weighted by molar-refractivity contribution is 6.03. The van der Waals surface area contributed by atoms with Crippen molar-refractivity contribution in [2.75, 3.05) is 29.9 Å². The van der Waals surface area contributed by atoms with Gasteiger partial charge in [-0.1, -0.05) is 6.07 Å². The molecule has 6 nitrogen and oxygen atoms in total. The molecule has 4 rings (SSSR count). The first-order valence-corrected chi connectivity index (χ1v) is 14.2. The summed E-state index contributed by atoms with van der Waals surface area (Å²) in [4.78, 5) is 33.1. The van der Waals surface area contributed by atoms with Crippen molar-refractivity contribution in [2.24, 2.45) is 0 Å². The molecule has 1 fully saturated rings. The van der Waals surface area contributed by atoms with Crippen LogP contribution in [0.4, 0.5) is 42.2 Å². The maximum absolute atomic E-state index is 14.0. The monoisotopic (exact) mass is 638 g/mol. The number of likely N-dealkylation sites (N-methyl/N-ethyl adjacent to an activating group) is 1. The van der Waals surface area contributed by atoms with E-state index in [2.05, 4.69) is 10.3 Å². The third-order valence-corrected chi connectivity index (χ3v) is 8.08. The zero-order valence-corrected chi connectivity index (χ0v) is 25.3. The molecule has 3 aromatic rings. The molecular weight excluding hydrogens is 605 g/mol. The fourth-order valence-electron chi connectivity index (χ4n) is 5.53. The van der Waals surface area contributed by atoms with E-state index in [-0.39, 0.29) is 23.7 Å². The summed E-state index contributed by atoms with van der Waals surface area (Å²) in [6.07, 6.45) is -7.42. The molecule has 2 heterocycles. The Bertz CT molecular complexity index is 1560. The Hall–Kier alpha value is -4.16. The predicted octanol–water partition coefficient (Wildman–Crippen LogP) is 7.28. The number of nitrogens with one attached hydrogen (secondary N) is 1. The smallest absolute Gasteiger partial charge is 0.356 e. The SMILES string of the molecule is CC(=O)NC1CCN(c2cc(-c3ccc(F)cc3C)c(N(C)C(=O)C(C)(C)c3cc(C(F)(F)F)cc(C(F)(F)F)c3)cn2)CC1. The van der Waals surface area contributed by atoms with Crippen molar-refractivity contribution in [3.05, 3.63) is 76.7 Å². The van der Waals surface area contributed by atoms with Crippen molar-refractivity contribution in [1.82, 2.24) is 10.3 Å². The quantitative estimate of drug-likeness (QED) is 0.289. The Kier molecular flexibility index (Phi) is 9.24. The molecule has 45 heavy (non-hydrogen) atoms. The number of alkyl halides is 6. The van der Waals surface area contributed by atoms with Gasteiger partial charge in [0.1, 0.15) is 11.6 Å². The highest BCUT2D eigenvalue weighted by Gasteiger charge is 2.41. The Morgan fingerprint density at radius 1 is 0.889 bits per heavy atom. The molecule has 1 aliphatic heterocycles. The molecule has 0 bridgehead atoms. The van der Waals surface area contributed by atoms with Gasteiger partial charge in [0, 0.05) is 38.7 Å². The number of aryl methyl sites for hydroxylation is 1. The van der Waals surface area contributed by atoms with Crippen LogP contribution in [0, 0.1) is 12.7 Å². The summed E-state index contributed by atoms with van der Waals surface area (Å²) in [6.45, 7) is 6.77. The van der Waals surface area contributed by atoms with E-state index in [1.165, 1.54) is 52.2 Å². The number of carbonyl (C=O) groups is 2. The van der Waals surface area contributed by atoms with Crippen molar-refractivity contribution >= 4 is 23.3 Å². The summed E-state index contributed by atoms with van der Waals surface area (Å²) >= 11 is 0. The number of nitrogens with zero attached hydrogens (tertiary/aromatic N) is 3. The van der Waals surface area contributed by atoms with Crippen LogP contribution in [0.5, 0.6) is 0 Å². The standard InChI is InChI=1S/C32H33F7N4O2/c1-18-12-23(33)6-7-25(18)26-16-28(43-10-8-24(9-11-43)41-19(2)44)40-17-27(26)42(5)29(45)30(3,4)20-13-21(31(34,35)36)15-22(14-20)32(37,38)39/h6-7,12-17,24H,8-11H2,1-5H3,(H,41,44). The lowest BCUT2D eigenvalue weighted by Gasteiger charge is -2.34. The molecule has 0 saturated carbocycles. The van der Waals surface area contributed by atoms with Crippen LogP contribution in [0.3, 0.4) is 0 Å². The van der Waals surface area contributed by atoms with Gasteiger partial charge < -0.3 is 15.1 Å². The fourth-order valence-corrected chi connectivity index (χ4v) is 5.53. The van der Waals surface area contributed by atoms with Gasteiger partial charge in [-0.25, -0.2) is 9.37 Å². The normalized spacial score (nSPS) is 14.8. The number of anilines is 2. The molecule has 0 radical (unpaired) electrons. The number of halogens is 7. The summed E-state index contributed by atoms with van der Waals surface area (Å²) in [6, 6.07) is 6.94. The average molecular weight is 639 g/mol. The van der Waals surface area contributed by atoms with Crippen LogP contribution < -0.4 is 15.1 Å². The molecule has 13 heteroatoms. The van der Waals surface area contributed by atoms with Crippen LogP contribution >= 0.6 is 0 Å². The van der Waals surface area contributed by atoms with E-state index in [9.17, 15) is 40.3 Å². The van der Waals surface area contributed by atoms with Crippen molar-refractivity contribution in [2.45, 2.75) is 64.3 Å². The van der Waals surface area contributed by atoms with Crippen LogP contribution in [-0.2, 0) is 27.4 Å². The van der Waals surface area contributed by atoms with Gasteiger partial charge in [0.2, 0.25) is 11.8 Å². The molecule has 1 aliphatic rings. The zero-order valence-electron chi connectivity index (χ0n) is 25.3. The minimum absolute atomic E-state index is 0.0107. The lowest BCUT2D eigenvalue weighted by Crippen LogP contribution is -2.44. The second-order valence-corrected chi connectivity index (χ2v) is 11.8. The van der Waals surface area contributed by atoms with E-state index < -0.39 is 46.2 Å². The van der Waals surface area contributed by atoms with Gasteiger partial charge in [-0.05, 0) is 86.7 Å². The molecule has 0 unspecified atom stereocenters. The van der Waals surface area contributed by atoms with E-state index in [1.807, 2.05) is 4.90 Å². The maximum atomic E-state index is 14.0. The lowest BCUT2D eigenvalue weighted by atomic mass is 9.81. The van der Waals surface area contributed by atoms with Crippen LogP contribution in [-0.4, -0.2) is 43.0 Å². The fraction of sp³-hybridized carbons (Fsp3) is 0.406. The average Bonchev–Trinajstić information content (AvgIpc) is 2.95. The third kappa shape index (κ3) is 7.39. The molecule has 242 valence electrons. The van der Waals surface area contributed by atoms with Crippen LogP contribution in [0.15, 0.2) is 48.7 Å². The largest absolute Gasteiger partial charge is 0.416 e. The van der Waals surface area contributed by atoms with Gasteiger partial charge in [-0.3, -0.25) is 9.59 Å². The van der Waals surface area contributed by atoms with Crippen molar-refractivity contribution in [1.29, 1.82) is 0 Å². The summed E-state index contributed by atoms with van der Waals surface area (Å²) in [5.74, 6) is -0.851. The summed E-state index contributed by atoms with van der Waals surface area (Å²) < 4.78 is 95.7. The second kappa shape index (κ2) is 12.3. The number of hydrogen-bond donors (Lipinski definition) is 1. The number of amides is 2. The molecule has 1 aromatic heterocycles. The van der Waals surface area contributed by atoms with Crippen molar-refractivity contribution < 1.29 is 40.3 Å².